The lowest BCUT2D eigenvalue weighted by molar-refractivity contribution is -0.442. The monoisotopic (exact) mass is 512 g/mol. The van der Waals surface area contributed by atoms with Crippen molar-refractivity contribution >= 4 is 0 Å². The van der Waals surface area contributed by atoms with Gasteiger partial charge in [-0.3, -0.25) is 0 Å². The van der Waals surface area contributed by atoms with Crippen LogP contribution in [0.1, 0.15) is 44.9 Å². The Morgan fingerprint density at radius 2 is 0.719 bits per heavy atom. The molecule has 0 fully saturated rings. The first-order valence-electron chi connectivity index (χ1n) is 8.94. The summed E-state index contributed by atoms with van der Waals surface area (Å²) in [6.45, 7) is -3.99. The molecule has 0 aromatic heterocycles. The third kappa shape index (κ3) is 5.18. The Bertz CT molecular complexity index is 588. The van der Waals surface area contributed by atoms with E-state index in [0.717, 1.165) is 0 Å². The van der Waals surface area contributed by atoms with E-state index >= 15 is 0 Å². The van der Waals surface area contributed by atoms with Gasteiger partial charge in [0.25, 0.3) is 0 Å². The van der Waals surface area contributed by atoms with E-state index in [1.165, 1.54) is 0 Å². The molecule has 0 saturated carbocycles. The van der Waals surface area contributed by atoms with Gasteiger partial charge in [0.15, 0.2) is 6.67 Å². The maximum absolute atomic E-state index is 13.6. The topological polar surface area (TPSA) is 20.2 Å². The molecule has 0 amide bonds. The van der Waals surface area contributed by atoms with Gasteiger partial charge < -0.3 is 5.11 Å². The molecule has 16 heteroatoms. The fourth-order valence-corrected chi connectivity index (χ4v) is 2.46. The van der Waals surface area contributed by atoms with Crippen LogP contribution in [-0.2, 0) is 0 Å². The van der Waals surface area contributed by atoms with Crippen molar-refractivity contribution in [2.24, 2.45) is 0 Å². The number of hydrogen-bond donors (Lipinski definition) is 1. The van der Waals surface area contributed by atoms with Gasteiger partial charge >= 0.3 is 41.5 Å². The average Bonchev–Trinajstić information content (AvgIpc) is 2.66. The minimum absolute atomic E-state index is 0.0524. The van der Waals surface area contributed by atoms with E-state index in [9.17, 15) is 65.9 Å². The second-order valence-electron chi connectivity index (χ2n) is 7.01. The molecular formula is C16H19F15O. The van der Waals surface area contributed by atoms with Crippen LogP contribution in [0.4, 0.5) is 65.9 Å². The third-order valence-corrected chi connectivity index (χ3v) is 4.56. The predicted molar refractivity (Wildman–Crippen MR) is 80.0 cm³/mol. The lowest BCUT2D eigenvalue weighted by Crippen LogP contribution is -2.73. The van der Waals surface area contributed by atoms with Gasteiger partial charge in [0.05, 0.1) is 0 Å². The number of hydrogen-bond acceptors (Lipinski definition) is 1. The van der Waals surface area contributed by atoms with E-state index in [4.69, 9.17) is 5.11 Å². The van der Waals surface area contributed by atoms with E-state index in [2.05, 4.69) is 0 Å². The second kappa shape index (κ2) is 10.0. The molecule has 32 heavy (non-hydrogen) atoms. The Morgan fingerprint density at radius 1 is 0.406 bits per heavy atom. The summed E-state index contributed by atoms with van der Waals surface area (Å²) >= 11 is 0. The van der Waals surface area contributed by atoms with Gasteiger partial charge in [0.1, 0.15) is 0 Å². The van der Waals surface area contributed by atoms with Crippen molar-refractivity contribution in [1.29, 1.82) is 0 Å². The average molecular weight is 512 g/mol. The number of halogens is 15. The summed E-state index contributed by atoms with van der Waals surface area (Å²) in [5.74, 6) is -52.1. The number of unbranched alkanes of at least 4 members (excludes halogenated alkanes) is 5. The van der Waals surface area contributed by atoms with Crippen molar-refractivity contribution < 1.29 is 71.0 Å². The summed E-state index contributed by atoms with van der Waals surface area (Å²) in [4.78, 5) is 0. The quantitative estimate of drug-likeness (QED) is 0.183. The molecular weight excluding hydrogens is 493 g/mol. The lowest BCUT2D eigenvalue weighted by Gasteiger charge is -2.42. The molecule has 0 bridgehead atoms. The highest BCUT2D eigenvalue weighted by Crippen LogP contribution is 2.62. The molecule has 0 aromatic carbocycles. The van der Waals surface area contributed by atoms with E-state index in [-0.39, 0.29) is 25.9 Å². The zero-order valence-electron chi connectivity index (χ0n) is 16.0. The van der Waals surface area contributed by atoms with Gasteiger partial charge in [0.2, 0.25) is 0 Å². The van der Waals surface area contributed by atoms with Gasteiger partial charge in [-0.1, -0.05) is 25.7 Å². The first-order chi connectivity index (χ1) is 14.1. The lowest BCUT2D eigenvalue weighted by atomic mass is 9.88. The number of aliphatic hydroxyl groups is 1. The van der Waals surface area contributed by atoms with Crippen LogP contribution in [0.5, 0.6) is 0 Å². The molecule has 0 rings (SSSR count). The molecule has 0 radical (unpaired) electrons. The van der Waals surface area contributed by atoms with Crippen molar-refractivity contribution in [2.75, 3.05) is 13.3 Å². The van der Waals surface area contributed by atoms with Crippen LogP contribution in [0, 0.1) is 0 Å². The van der Waals surface area contributed by atoms with Crippen LogP contribution in [-0.4, -0.2) is 59.8 Å². The summed E-state index contributed by atoms with van der Waals surface area (Å²) in [5, 5.41) is 8.50. The first-order valence-corrected chi connectivity index (χ1v) is 8.94. The molecule has 1 nitrogen and oxygen atoms in total. The largest absolute Gasteiger partial charge is 0.396 e. The SMILES string of the molecule is OCCCCCCCCC(F)(F)C(F)(F)C(F)(F)C(F)(F)C(F)(F)C(F)(F)C(F)(F)CF. The van der Waals surface area contributed by atoms with Gasteiger partial charge in [-0.2, -0.15) is 61.5 Å². The minimum atomic E-state index is -8.15. The molecule has 0 spiro atoms. The van der Waals surface area contributed by atoms with Crippen LogP contribution in [0.3, 0.4) is 0 Å². The number of alkyl halides is 15. The van der Waals surface area contributed by atoms with Gasteiger partial charge in [-0.05, 0) is 12.8 Å². The van der Waals surface area contributed by atoms with Crippen molar-refractivity contribution in [3.05, 3.63) is 0 Å². The van der Waals surface area contributed by atoms with Crippen LogP contribution in [0.15, 0.2) is 0 Å². The van der Waals surface area contributed by atoms with Crippen LogP contribution in [0.2, 0.25) is 0 Å². The highest BCUT2D eigenvalue weighted by molar-refractivity contribution is 5.14. The van der Waals surface area contributed by atoms with E-state index in [1.807, 2.05) is 0 Å². The third-order valence-electron chi connectivity index (χ3n) is 4.56. The number of aliphatic hydroxyl groups excluding tert-OH is 1. The highest BCUT2D eigenvalue weighted by atomic mass is 19.4. The molecule has 0 aliphatic rings. The highest BCUT2D eigenvalue weighted by Gasteiger charge is 2.92. The molecule has 0 atom stereocenters. The molecule has 0 saturated heterocycles. The molecule has 0 aliphatic heterocycles. The fraction of sp³-hybridized carbons (Fsp3) is 1.00. The van der Waals surface area contributed by atoms with Crippen molar-refractivity contribution in [3.8, 4) is 0 Å². The zero-order chi connectivity index (χ0) is 25.9. The zero-order valence-corrected chi connectivity index (χ0v) is 16.0. The Morgan fingerprint density at radius 3 is 1.09 bits per heavy atom. The van der Waals surface area contributed by atoms with Crippen LogP contribution in [0.25, 0.3) is 0 Å². The molecule has 0 heterocycles. The Hall–Kier alpha value is -1.09. The molecule has 0 aromatic rings. The van der Waals surface area contributed by atoms with E-state index in [0.29, 0.717) is 12.8 Å². The molecule has 1 N–H and O–H groups in total. The van der Waals surface area contributed by atoms with Crippen LogP contribution >= 0.6 is 0 Å². The van der Waals surface area contributed by atoms with Crippen molar-refractivity contribution in [3.63, 3.8) is 0 Å². The summed E-state index contributed by atoms with van der Waals surface area (Å²) in [7, 11) is 0. The Labute approximate surface area is 171 Å². The second-order valence-corrected chi connectivity index (χ2v) is 7.01. The van der Waals surface area contributed by atoms with Crippen molar-refractivity contribution in [2.45, 2.75) is 86.4 Å². The Balaban J connectivity index is 5.77. The molecule has 0 unspecified atom stereocenters. The van der Waals surface area contributed by atoms with Gasteiger partial charge in [-0.15, -0.1) is 0 Å². The predicted octanol–water partition coefficient (Wildman–Crippen LogP) is 7.13. The summed E-state index contributed by atoms with van der Waals surface area (Å²) < 4.78 is 198. The van der Waals surface area contributed by atoms with Gasteiger partial charge in [0, 0.05) is 13.0 Å². The van der Waals surface area contributed by atoms with E-state index in [1.54, 1.807) is 0 Å². The van der Waals surface area contributed by atoms with E-state index < -0.39 is 61.0 Å². The summed E-state index contributed by atoms with van der Waals surface area (Å²) in [5.41, 5.74) is 0. The van der Waals surface area contributed by atoms with Gasteiger partial charge in [-0.25, -0.2) is 4.39 Å². The standard InChI is InChI=1S/C16H19F15O/c17-9-11(20,21)13(24,25)15(28,29)16(30,31)14(26,27)12(22,23)10(18,19)7-5-3-1-2-4-6-8-32/h32H,1-9H2. The maximum Gasteiger partial charge on any atom is 0.384 e. The molecule has 0 aliphatic carbocycles. The van der Waals surface area contributed by atoms with Crippen LogP contribution < -0.4 is 0 Å². The minimum Gasteiger partial charge on any atom is -0.396 e. The normalized spacial score (nSPS) is 15.4. The summed E-state index contributed by atoms with van der Waals surface area (Å²) in [6, 6.07) is 0. The fourth-order valence-electron chi connectivity index (χ4n) is 2.46. The van der Waals surface area contributed by atoms with Crippen molar-refractivity contribution in [1.82, 2.24) is 0 Å². The smallest absolute Gasteiger partial charge is 0.384 e. The number of rotatable bonds is 15. The molecule has 194 valence electrons. The summed E-state index contributed by atoms with van der Waals surface area (Å²) in [6.07, 6.45) is -2.59. The maximum atomic E-state index is 13.6. The Kier molecular flexibility index (Phi) is 9.69. The first kappa shape index (κ1) is 30.9.